The molecule has 0 heterocycles. The lowest BCUT2D eigenvalue weighted by Gasteiger charge is -2.41. The first-order chi connectivity index (χ1) is 9.51. The van der Waals surface area contributed by atoms with E-state index in [1.165, 1.54) is 12.8 Å². The van der Waals surface area contributed by atoms with E-state index < -0.39 is 0 Å². The first-order valence-corrected chi connectivity index (χ1v) is 7.95. The Kier molecular flexibility index (Phi) is 8.03. The molecule has 1 saturated carbocycles. The zero-order valence-corrected chi connectivity index (χ0v) is 13.7. The van der Waals surface area contributed by atoms with Gasteiger partial charge in [0.15, 0.2) is 0 Å². The Hall–Kier alpha value is -0.160. The normalized spacial score (nSPS) is 27.8. The Bertz CT molecular complexity index is 258. The summed E-state index contributed by atoms with van der Waals surface area (Å²) < 4.78 is 16.3. The third-order valence-corrected chi connectivity index (χ3v) is 4.85. The molecule has 4 heteroatoms. The van der Waals surface area contributed by atoms with Gasteiger partial charge >= 0.3 is 0 Å². The number of nitrogens with two attached hydrogens (primary N) is 1. The average molecular weight is 287 g/mol. The van der Waals surface area contributed by atoms with Crippen molar-refractivity contribution in [1.29, 1.82) is 0 Å². The van der Waals surface area contributed by atoms with E-state index in [1.807, 2.05) is 0 Å². The van der Waals surface area contributed by atoms with Crippen LogP contribution < -0.4 is 5.73 Å². The highest BCUT2D eigenvalue weighted by molar-refractivity contribution is 4.89. The molecule has 0 amide bonds. The Morgan fingerprint density at radius 2 is 1.80 bits per heavy atom. The zero-order chi connectivity index (χ0) is 15.0. The van der Waals surface area contributed by atoms with E-state index in [9.17, 15) is 0 Å². The highest BCUT2D eigenvalue weighted by atomic mass is 16.5. The molecule has 0 aromatic carbocycles. The summed E-state index contributed by atoms with van der Waals surface area (Å²) in [7, 11) is 1.68. The molecular weight excluding hydrogens is 254 g/mol. The molecule has 4 nitrogen and oxygen atoms in total. The van der Waals surface area contributed by atoms with E-state index in [1.54, 1.807) is 7.11 Å². The second kappa shape index (κ2) is 8.98. The highest BCUT2D eigenvalue weighted by Crippen LogP contribution is 2.40. The van der Waals surface area contributed by atoms with Gasteiger partial charge in [0.1, 0.15) is 0 Å². The summed E-state index contributed by atoms with van der Waals surface area (Å²) in [5.41, 5.74) is 6.59. The summed E-state index contributed by atoms with van der Waals surface area (Å²) in [5, 5.41) is 0. The third-order valence-electron chi connectivity index (χ3n) is 4.85. The predicted molar refractivity (Wildman–Crippen MR) is 81.8 cm³/mol. The van der Waals surface area contributed by atoms with Gasteiger partial charge in [-0.25, -0.2) is 0 Å². The number of hydrogen-bond donors (Lipinski definition) is 1. The fraction of sp³-hybridized carbons (Fsp3) is 1.00. The Balaban J connectivity index is 2.29. The van der Waals surface area contributed by atoms with Crippen LogP contribution in [0.25, 0.3) is 0 Å². The molecule has 0 aliphatic heterocycles. The van der Waals surface area contributed by atoms with Gasteiger partial charge < -0.3 is 19.9 Å². The maximum atomic E-state index is 6.20. The molecule has 120 valence electrons. The number of rotatable bonds is 9. The monoisotopic (exact) mass is 287 g/mol. The molecule has 2 N–H and O–H groups in total. The summed E-state index contributed by atoms with van der Waals surface area (Å²) in [6.45, 7) is 9.50. The molecule has 0 aromatic heterocycles. The molecule has 0 bridgehead atoms. The van der Waals surface area contributed by atoms with Gasteiger partial charge in [-0.05, 0) is 30.6 Å². The van der Waals surface area contributed by atoms with Gasteiger partial charge in [0.05, 0.1) is 32.5 Å². The van der Waals surface area contributed by atoms with Gasteiger partial charge in [-0.15, -0.1) is 0 Å². The van der Waals surface area contributed by atoms with Crippen molar-refractivity contribution in [3.05, 3.63) is 0 Å². The summed E-state index contributed by atoms with van der Waals surface area (Å²) >= 11 is 0. The van der Waals surface area contributed by atoms with Crippen LogP contribution in [0.4, 0.5) is 0 Å². The topological polar surface area (TPSA) is 53.7 Å². The minimum Gasteiger partial charge on any atom is -0.382 e. The Morgan fingerprint density at radius 3 is 2.45 bits per heavy atom. The molecule has 1 rings (SSSR count). The third kappa shape index (κ3) is 5.68. The van der Waals surface area contributed by atoms with E-state index in [0.29, 0.717) is 37.8 Å². The first-order valence-electron chi connectivity index (χ1n) is 7.95. The molecule has 0 spiro atoms. The van der Waals surface area contributed by atoms with Gasteiger partial charge in [-0.3, -0.25) is 0 Å². The van der Waals surface area contributed by atoms with E-state index in [-0.39, 0.29) is 12.1 Å². The van der Waals surface area contributed by atoms with E-state index >= 15 is 0 Å². The Morgan fingerprint density at radius 1 is 1.10 bits per heavy atom. The summed E-state index contributed by atoms with van der Waals surface area (Å²) in [6.07, 6.45) is 4.78. The van der Waals surface area contributed by atoms with Crippen molar-refractivity contribution in [3.8, 4) is 0 Å². The van der Waals surface area contributed by atoms with Crippen molar-refractivity contribution in [2.45, 2.75) is 58.6 Å². The fourth-order valence-corrected chi connectivity index (χ4v) is 2.85. The number of ether oxygens (including phenoxy) is 3. The van der Waals surface area contributed by atoms with Crippen LogP contribution in [0.1, 0.15) is 46.5 Å². The van der Waals surface area contributed by atoms with Crippen molar-refractivity contribution in [2.24, 2.45) is 17.1 Å². The molecule has 3 atom stereocenters. The van der Waals surface area contributed by atoms with Gasteiger partial charge in [-0.2, -0.15) is 0 Å². The lowest BCUT2D eigenvalue weighted by molar-refractivity contribution is -0.0476. The second-order valence-electron chi connectivity index (χ2n) is 6.53. The lowest BCUT2D eigenvalue weighted by atomic mass is 9.68. The largest absolute Gasteiger partial charge is 0.382 e. The van der Waals surface area contributed by atoms with Crippen molar-refractivity contribution in [3.63, 3.8) is 0 Å². The summed E-state index contributed by atoms with van der Waals surface area (Å²) in [6, 6.07) is 0.179. The van der Waals surface area contributed by atoms with Crippen LogP contribution in [-0.4, -0.2) is 45.7 Å². The van der Waals surface area contributed by atoms with E-state index in [2.05, 4.69) is 20.8 Å². The maximum Gasteiger partial charge on any atom is 0.0729 e. The van der Waals surface area contributed by atoms with Crippen LogP contribution in [0.15, 0.2) is 0 Å². The molecule has 0 radical (unpaired) electrons. The van der Waals surface area contributed by atoms with Crippen molar-refractivity contribution < 1.29 is 14.2 Å². The highest BCUT2D eigenvalue weighted by Gasteiger charge is 2.36. The minimum absolute atomic E-state index is 0.179. The van der Waals surface area contributed by atoms with Crippen LogP contribution >= 0.6 is 0 Å². The van der Waals surface area contributed by atoms with Crippen LogP contribution in [0, 0.1) is 11.3 Å². The smallest absolute Gasteiger partial charge is 0.0729 e. The molecular formula is C16H33NO3. The fourth-order valence-electron chi connectivity index (χ4n) is 2.85. The zero-order valence-electron chi connectivity index (χ0n) is 13.7. The van der Waals surface area contributed by atoms with Crippen molar-refractivity contribution in [2.75, 3.05) is 33.5 Å². The molecule has 0 aromatic rings. The van der Waals surface area contributed by atoms with Crippen LogP contribution in [0.2, 0.25) is 0 Å². The second-order valence-corrected chi connectivity index (χ2v) is 6.53. The van der Waals surface area contributed by atoms with Gasteiger partial charge in [-0.1, -0.05) is 27.2 Å². The SMILES string of the molecule is CCC(C)(C)C1CCC(N)C(OCCOCCOC)C1. The molecule has 1 aliphatic rings. The Labute approximate surface area is 124 Å². The first kappa shape index (κ1) is 17.9. The van der Waals surface area contributed by atoms with Crippen molar-refractivity contribution >= 4 is 0 Å². The molecule has 1 aliphatic carbocycles. The average Bonchev–Trinajstić information content (AvgIpc) is 2.44. The maximum absolute atomic E-state index is 6.20. The van der Waals surface area contributed by atoms with Crippen molar-refractivity contribution in [1.82, 2.24) is 0 Å². The van der Waals surface area contributed by atoms with E-state index in [4.69, 9.17) is 19.9 Å². The van der Waals surface area contributed by atoms with E-state index in [0.717, 1.165) is 12.8 Å². The van der Waals surface area contributed by atoms with Gasteiger partial charge in [0.2, 0.25) is 0 Å². The molecule has 1 fully saturated rings. The summed E-state index contributed by atoms with van der Waals surface area (Å²) in [5.74, 6) is 0.715. The quantitative estimate of drug-likeness (QED) is 0.662. The standard InChI is InChI=1S/C16H33NO3/c1-5-16(2,3)13-6-7-14(17)15(12-13)20-11-10-19-9-8-18-4/h13-15H,5-12,17H2,1-4H3. The molecule has 20 heavy (non-hydrogen) atoms. The minimum atomic E-state index is 0.179. The summed E-state index contributed by atoms with van der Waals surface area (Å²) in [4.78, 5) is 0. The van der Waals surface area contributed by atoms with Crippen LogP contribution in [0.5, 0.6) is 0 Å². The molecule has 3 unspecified atom stereocenters. The van der Waals surface area contributed by atoms with Gasteiger partial charge in [0, 0.05) is 13.2 Å². The predicted octanol–water partition coefficient (Wildman–Crippen LogP) is 2.60. The van der Waals surface area contributed by atoms with Crippen LogP contribution in [0.3, 0.4) is 0 Å². The number of methoxy groups -OCH3 is 1. The number of hydrogen-bond acceptors (Lipinski definition) is 4. The molecule has 0 saturated heterocycles. The van der Waals surface area contributed by atoms with Crippen LogP contribution in [-0.2, 0) is 14.2 Å². The van der Waals surface area contributed by atoms with Gasteiger partial charge in [0.25, 0.3) is 0 Å². The lowest BCUT2D eigenvalue weighted by Crippen LogP contribution is -2.45.